The second kappa shape index (κ2) is 3.98. The zero-order chi connectivity index (χ0) is 12.0. The van der Waals surface area contributed by atoms with Crippen LogP contribution in [-0.2, 0) is 6.42 Å². The van der Waals surface area contributed by atoms with Gasteiger partial charge in [-0.25, -0.2) is 0 Å². The summed E-state index contributed by atoms with van der Waals surface area (Å²) in [5.41, 5.74) is 1.92. The molecule has 1 heterocycles. The topological polar surface area (TPSA) is 49.9 Å². The van der Waals surface area contributed by atoms with E-state index >= 15 is 0 Å². The number of rotatable bonds is 1. The van der Waals surface area contributed by atoms with Crippen molar-refractivity contribution in [3.8, 4) is 0 Å². The number of pyridine rings is 1. The van der Waals surface area contributed by atoms with Gasteiger partial charge in [0.05, 0.1) is 5.56 Å². The summed E-state index contributed by atoms with van der Waals surface area (Å²) in [6.45, 7) is 0. The molecule has 2 atom stereocenters. The average Bonchev–Trinajstić information content (AvgIpc) is 2.64. The minimum Gasteiger partial charge on any atom is -0.325 e. The van der Waals surface area contributed by atoms with Crippen LogP contribution in [0.2, 0.25) is 0 Å². The molecule has 0 radical (unpaired) electrons. The maximum absolute atomic E-state index is 11.7. The highest BCUT2D eigenvalue weighted by Gasteiger charge is 2.35. The van der Waals surface area contributed by atoms with E-state index in [-0.39, 0.29) is 11.1 Å². The molecule has 0 saturated heterocycles. The van der Waals surface area contributed by atoms with Gasteiger partial charge in [0, 0.05) is 5.69 Å². The van der Waals surface area contributed by atoms with Gasteiger partial charge in [-0.05, 0) is 54.3 Å². The molecule has 3 nitrogen and oxygen atoms in total. The SMILES string of the molecule is O=C(Cl)c1cc2c([nH]c1=O)C[C@H]1CCCC[C@@H]21. The average molecular weight is 252 g/mol. The lowest BCUT2D eigenvalue weighted by molar-refractivity contribution is 0.108. The minimum atomic E-state index is -0.659. The van der Waals surface area contributed by atoms with Gasteiger partial charge in [0.1, 0.15) is 0 Å². The van der Waals surface area contributed by atoms with E-state index in [1.54, 1.807) is 6.07 Å². The number of aromatic nitrogens is 1. The molecule has 0 amide bonds. The molecule has 2 aliphatic rings. The fourth-order valence-electron chi connectivity index (χ4n) is 3.35. The monoisotopic (exact) mass is 251 g/mol. The molecule has 0 spiro atoms. The van der Waals surface area contributed by atoms with Crippen LogP contribution in [0.1, 0.15) is 53.2 Å². The Kier molecular flexibility index (Phi) is 2.58. The van der Waals surface area contributed by atoms with Crippen molar-refractivity contribution in [2.45, 2.75) is 38.0 Å². The van der Waals surface area contributed by atoms with E-state index in [0.29, 0.717) is 11.8 Å². The van der Waals surface area contributed by atoms with Crippen molar-refractivity contribution in [1.29, 1.82) is 0 Å². The third kappa shape index (κ3) is 1.73. The molecule has 4 heteroatoms. The van der Waals surface area contributed by atoms with Gasteiger partial charge < -0.3 is 4.98 Å². The molecule has 3 rings (SSSR count). The lowest BCUT2D eigenvalue weighted by Gasteiger charge is -2.25. The van der Waals surface area contributed by atoms with Crippen LogP contribution in [0.3, 0.4) is 0 Å². The van der Waals surface area contributed by atoms with E-state index < -0.39 is 5.24 Å². The van der Waals surface area contributed by atoms with Crippen LogP contribution >= 0.6 is 11.6 Å². The summed E-state index contributed by atoms with van der Waals surface area (Å²) in [6, 6.07) is 1.72. The molecule has 17 heavy (non-hydrogen) atoms. The Labute approximate surface area is 104 Å². The summed E-state index contributed by atoms with van der Waals surface area (Å²) in [4.78, 5) is 25.7. The summed E-state index contributed by atoms with van der Waals surface area (Å²) in [6.07, 6.45) is 5.86. The smallest absolute Gasteiger partial charge is 0.260 e. The van der Waals surface area contributed by atoms with E-state index in [9.17, 15) is 9.59 Å². The van der Waals surface area contributed by atoms with Crippen LogP contribution in [0.5, 0.6) is 0 Å². The number of hydrogen-bond acceptors (Lipinski definition) is 2. The number of halogens is 1. The Bertz CT molecular complexity index is 535. The number of carbonyl (C=O) groups is 1. The second-order valence-electron chi connectivity index (χ2n) is 5.07. The number of hydrogen-bond donors (Lipinski definition) is 1. The first-order valence-electron chi connectivity index (χ1n) is 6.12. The predicted octanol–water partition coefficient (Wildman–Crippen LogP) is 2.58. The fourth-order valence-corrected chi connectivity index (χ4v) is 3.49. The van der Waals surface area contributed by atoms with Gasteiger partial charge in [0.25, 0.3) is 10.8 Å². The molecular weight excluding hydrogens is 238 g/mol. The molecule has 1 aromatic heterocycles. The lowest BCUT2D eigenvalue weighted by atomic mass is 9.80. The summed E-state index contributed by atoms with van der Waals surface area (Å²) >= 11 is 5.43. The highest BCUT2D eigenvalue weighted by molar-refractivity contribution is 6.67. The molecule has 1 saturated carbocycles. The Balaban J connectivity index is 2.09. The van der Waals surface area contributed by atoms with Gasteiger partial charge >= 0.3 is 0 Å². The van der Waals surface area contributed by atoms with Gasteiger partial charge in [-0.3, -0.25) is 9.59 Å². The maximum Gasteiger partial charge on any atom is 0.260 e. The van der Waals surface area contributed by atoms with Crippen molar-refractivity contribution < 1.29 is 4.79 Å². The van der Waals surface area contributed by atoms with Crippen LogP contribution in [-0.4, -0.2) is 10.2 Å². The minimum absolute atomic E-state index is 0.0941. The van der Waals surface area contributed by atoms with E-state index in [1.807, 2.05) is 0 Å². The molecule has 1 N–H and O–H groups in total. The molecule has 90 valence electrons. The van der Waals surface area contributed by atoms with E-state index in [2.05, 4.69) is 4.98 Å². The molecule has 0 aromatic carbocycles. The lowest BCUT2D eigenvalue weighted by Crippen LogP contribution is -2.17. The summed E-state index contributed by atoms with van der Waals surface area (Å²) in [5.74, 6) is 1.17. The zero-order valence-electron chi connectivity index (χ0n) is 9.46. The first kappa shape index (κ1) is 11.0. The largest absolute Gasteiger partial charge is 0.325 e. The van der Waals surface area contributed by atoms with Crippen molar-refractivity contribution >= 4 is 16.8 Å². The summed E-state index contributed by atoms with van der Waals surface area (Å²) in [7, 11) is 0. The van der Waals surface area contributed by atoms with Gasteiger partial charge in [-0.15, -0.1) is 0 Å². The molecule has 1 fully saturated rings. The van der Waals surface area contributed by atoms with Gasteiger partial charge in [-0.2, -0.15) is 0 Å². The third-order valence-corrected chi connectivity index (χ3v) is 4.35. The van der Waals surface area contributed by atoms with E-state index in [0.717, 1.165) is 17.7 Å². The van der Waals surface area contributed by atoms with Crippen molar-refractivity contribution in [2.24, 2.45) is 5.92 Å². The quantitative estimate of drug-likeness (QED) is 0.780. The van der Waals surface area contributed by atoms with Gasteiger partial charge in [-0.1, -0.05) is 12.8 Å². The van der Waals surface area contributed by atoms with Crippen LogP contribution in [0.25, 0.3) is 0 Å². The van der Waals surface area contributed by atoms with Crippen molar-refractivity contribution in [3.63, 3.8) is 0 Å². The molecule has 0 bridgehead atoms. The van der Waals surface area contributed by atoms with E-state index in [4.69, 9.17) is 11.6 Å². The number of aromatic amines is 1. The Morgan fingerprint density at radius 1 is 1.35 bits per heavy atom. The van der Waals surface area contributed by atoms with Crippen LogP contribution in [0.4, 0.5) is 0 Å². The maximum atomic E-state index is 11.7. The van der Waals surface area contributed by atoms with Crippen molar-refractivity contribution in [3.05, 3.63) is 33.2 Å². The number of carbonyl (C=O) groups excluding carboxylic acids is 1. The van der Waals surface area contributed by atoms with Gasteiger partial charge in [0.2, 0.25) is 0 Å². The highest BCUT2D eigenvalue weighted by atomic mass is 35.5. The number of H-pyrrole nitrogens is 1. The summed E-state index contributed by atoms with van der Waals surface area (Å²) in [5, 5.41) is -0.659. The molecule has 0 aliphatic heterocycles. The fraction of sp³-hybridized carbons (Fsp3) is 0.538. The number of nitrogens with one attached hydrogen (secondary N) is 1. The van der Waals surface area contributed by atoms with Gasteiger partial charge in [0.15, 0.2) is 0 Å². The molecule has 2 aliphatic carbocycles. The Hall–Kier alpha value is -1.09. The predicted molar refractivity (Wildman–Crippen MR) is 65.6 cm³/mol. The van der Waals surface area contributed by atoms with Crippen LogP contribution < -0.4 is 5.56 Å². The standard InChI is InChI=1S/C13H14ClNO2/c14-12(16)10-6-9-8-4-2-1-3-7(8)5-11(9)15-13(10)17/h6-8H,1-5H2,(H,15,17)/t7-,8-/m1/s1. The Morgan fingerprint density at radius 2 is 2.12 bits per heavy atom. The van der Waals surface area contributed by atoms with E-state index in [1.165, 1.54) is 25.7 Å². The van der Waals surface area contributed by atoms with Crippen LogP contribution in [0.15, 0.2) is 10.9 Å². The van der Waals surface area contributed by atoms with Crippen LogP contribution in [0, 0.1) is 5.92 Å². The summed E-state index contributed by atoms with van der Waals surface area (Å²) < 4.78 is 0. The highest BCUT2D eigenvalue weighted by Crippen LogP contribution is 2.45. The Morgan fingerprint density at radius 3 is 2.88 bits per heavy atom. The van der Waals surface area contributed by atoms with Crippen molar-refractivity contribution in [2.75, 3.05) is 0 Å². The normalized spacial score (nSPS) is 26.4. The molecular formula is C13H14ClNO2. The zero-order valence-corrected chi connectivity index (χ0v) is 10.2. The third-order valence-electron chi connectivity index (χ3n) is 4.14. The molecule has 1 aromatic rings. The first-order valence-corrected chi connectivity index (χ1v) is 6.50. The second-order valence-corrected chi connectivity index (χ2v) is 5.42. The van der Waals surface area contributed by atoms with Crippen molar-refractivity contribution in [1.82, 2.24) is 4.98 Å². The molecule has 0 unspecified atom stereocenters. The number of fused-ring (bicyclic) bond motifs is 3. The first-order chi connectivity index (χ1) is 8.16.